The van der Waals surface area contributed by atoms with E-state index < -0.39 is 0 Å². The zero-order valence-corrected chi connectivity index (χ0v) is 17.0. The van der Waals surface area contributed by atoms with E-state index in [2.05, 4.69) is 64.5 Å². The molecular weight excluding hydrogens is 350 g/mol. The van der Waals surface area contributed by atoms with Gasteiger partial charge in [-0.3, -0.25) is 9.80 Å². The van der Waals surface area contributed by atoms with Crippen molar-refractivity contribution in [2.45, 2.75) is 50.6 Å². The van der Waals surface area contributed by atoms with Crippen LogP contribution in [0.25, 0.3) is 0 Å². The molecule has 1 N–H and O–H groups in total. The minimum absolute atomic E-state index is 0.0341. The molecule has 1 aliphatic heterocycles. The molecule has 0 unspecified atom stereocenters. The summed E-state index contributed by atoms with van der Waals surface area (Å²) < 4.78 is 0. The number of benzene rings is 1. The fourth-order valence-corrected chi connectivity index (χ4v) is 4.81. The summed E-state index contributed by atoms with van der Waals surface area (Å²) in [5, 5.41) is 3.29. The van der Waals surface area contributed by atoms with Crippen LogP contribution in [0.3, 0.4) is 0 Å². The summed E-state index contributed by atoms with van der Waals surface area (Å²) in [6.07, 6.45) is 7.45. The Labute approximate surface area is 167 Å². The number of hydrogen-bond acceptors (Lipinski definition) is 4. The molecule has 2 fully saturated rings. The Bertz CT molecular complexity index is 828. The van der Waals surface area contributed by atoms with Gasteiger partial charge in [0.05, 0.1) is 30.2 Å². The van der Waals surface area contributed by atoms with Crippen LogP contribution in [0.2, 0.25) is 0 Å². The fraction of sp³-hybridized carbons (Fsp3) is 0.500. The van der Waals surface area contributed by atoms with E-state index >= 15 is 0 Å². The van der Waals surface area contributed by atoms with Crippen LogP contribution in [-0.4, -0.2) is 46.6 Å². The van der Waals surface area contributed by atoms with Gasteiger partial charge in [-0.1, -0.05) is 37.3 Å². The molecule has 2 aromatic rings. The van der Waals surface area contributed by atoms with Gasteiger partial charge in [0.25, 0.3) is 0 Å². The molecule has 4 rings (SSSR count). The summed E-state index contributed by atoms with van der Waals surface area (Å²) in [4.78, 5) is 25.5. The first-order valence-electron chi connectivity index (χ1n) is 10.1. The molecule has 1 saturated heterocycles. The number of carbonyl (C=O) groups excluding carboxylic acids is 1. The molecule has 1 aromatic carbocycles. The largest absolute Gasteiger partial charge is 0.330 e. The van der Waals surface area contributed by atoms with Gasteiger partial charge in [-0.05, 0) is 51.8 Å². The van der Waals surface area contributed by atoms with E-state index in [4.69, 9.17) is 0 Å². The molecule has 2 aliphatic rings. The van der Waals surface area contributed by atoms with E-state index in [0.29, 0.717) is 12.4 Å². The van der Waals surface area contributed by atoms with Gasteiger partial charge in [-0.25, -0.2) is 14.8 Å². The second-order valence-electron chi connectivity index (χ2n) is 8.20. The third-order valence-corrected chi connectivity index (χ3v) is 6.71. The molecule has 148 valence electrons. The van der Waals surface area contributed by atoms with Crippen LogP contribution in [0, 0.1) is 6.92 Å². The average molecular weight is 380 g/mol. The normalized spacial score (nSPS) is 27.4. The molecule has 2 amide bonds. The molecule has 1 aromatic heterocycles. The van der Waals surface area contributed by atoms with Crippen molar-refractivity contribution in [1.82, 2.24) is 20.2 Å². The number of nitrogens with one attached hydrogen (secondary N) is 1. The summed E-state index contributed by atoms with van der Waals surface area (Å²) in [7, 11) is 2.22. The number of anilines is 1. The molecule has 0 bridgehead atoms. The van der Waals surface area contributed by atoms with Gasteiger partial charge in [0.1, 0.15) is 5.82 Å². The van der Waals surface area contributed by atoms with Crippen LogP contribution < -0.4 is 10.2 Å². The maximum atomic E-state index is 12.7. The van der Waals surface area contributed by atoms with Crippen molar-refractivity contribution in [3.8, 4) is 0 Å². The number of nitrogens with zero attached hydrogens (tertiary/aromatic N) is 4. The number of carbonyl (C=O) groups is 1. The number of rotatable bonds is 4. The Morgan fingerprint density at radius 2 is 1.75 bits per heavy atom. The van der Waals surface area contributed by atoms with Gasteiger partial charge in [0.15, 0.2) is 0 Å². The number of urea groups is 1. The van der Waals surface area contributed by atoms with Crippen LogP contribution in [0.1, 0.15) is 44.0 Å². The Morgan fingerprint density at radius 1 is 1.11 bits per heavy atom. The van der Waals surface area contributed by atoms with Gasteiger partial charge in [-0.2, -0.15) is 0 Å². The molecule has 1 aliphatic carbocycles. The van der Waals surface area contributed by atoms with E-state index in [0.717, 1.165) is 37.9 Å². The second-order valence-corrected chi connectivity index (χ2v) is 8.20. The third-order valence-electron chi connectivity index (χ3n) is 6.71. The minimum Gasteiger partial charge on any atom is -0.330 e. The van der Waals surface area contributed by atoms with Gasteiger partial charge in [0.2, 0.25) is 0 Å². The van der Waals surface area contributed by atoms with E-state index in [-0.39, 0.29) is 17.1 Å². The molecule has 0 atom stereocenters. The highest BCUT2D eigenvalue weighted by Gasteiger charge is 2.50. The zero-order chi connectivity index (χ0) is 19.8. The van der Waals surface area contributed by atoms with Crippen molar-refractivity contribution in [3.05, 3.63) is 54.1 Å². The maximum Gasteiger partial charge on any atom is 0.322 e. The lowest BCUT2D eigenvalue weighted by Crippen LogP contribution is -2.54. The molecule has 6 heteroatoms. The first-order valence-corrected chi connectivity index (χ1v) is 10.1. The number of hydrogen-bond donors (Lipinski definition) is 1. The van der Waals surface area contributed by atoms with E-state index in [9.17, 15) is 4.79 Å². The highest BCUT2D eigenvalue weighted by molar-refractivity contribution is 5.95. The topological polar surface area (TPSA) is 61.4 Å². The first-order chi connectivity index (χ1) is 13.5. The summed E-state index contributed by atoms with van der Waals surface area (Å²) in [5.74, 6) is 0.714. The molecule has 0 radical (unpaired) electrons. The van der Waals surface area contributed by atoms with Gasteiger partial charge >= 0.3 is 6.03 Å². The lowest BCUT2D eigenvalue weighted by atomic mass is 9.68. The zero-order valence-electron chi connectivity index (χ0n) is 17.0. The molecule has 28 heavy (non-hydrogen) atoms. The number of amides is 2. The Balaban J connectivity index is 1.55. The Kier molecular flexibility index (Phi) is 4.83. The van der Waals surface area contributed by atoms with Crippen molar-refractivity contribution in [2.75, 3.05) is 25.0 Å². The average Bonchev–Trinajstić information content (AvgIpc) is 3.05. The van der Waals surface area contributed by atoms with Gasteiger partial charge in [-0.15, -0.1) is 0 Å². The summed E-state index contributed by atoms with van der Waals surface area (Å²) in [5.41, 5.74) is 2.01. The number of aryl methyl sites for hydroxylation is 1. The standard InChI is InChI=1S/C22H29N5O/c1-4-26(3)22(18-8-6-5-7-9-18)12-10-21(11-13-22)16-27(20(28)25-21)19-14-23-17(2)24-15-19/h5-9,14-15H,4,10-13,16H2,1-3H3,(H,25,28)/t21-,22+. The third kappa shape index (κ3) is 3.15. The molecule has 1 saturated carbocycles. The summed E-state index contributed by atoms with van der Waals surface area (Å²) in [6, 6.07) is 10.8. The van der Waals surface area contributed by atoms with Crippen molar-refractivity contribution >= 4 is 11.7 Å². The minimum atomic E-state index is -0.172. The molecular formula is C22H29N5O. The predicted molar refractivity (Wildman–Crippen MR) is 110 cm³/mol. The van der Waals surface area contributed by atoms with Crippen molar-refractivity contribution in [3.63, 3.8) is 0 Å². The second kappa shape index (κ2) is 7.17. The lowest BCUT2D eigenvalue weighted by Gasteiger charge is -2.49. The van der Waals surface area contributed by atoms with Crippen molar-refractivity contribution in [1.29, 1.82) is 0 Å². The van der Waals surface area contributed by atoms with Crippen molar-refractivity contribution in [2.24, 2.45) is 0 Å². The van der Waals surface area contributed by atoms with Gasteiger partial charge < -0.3 is 5.32 Å². The van der Waals surface area contributed by atoms with Crippen LogP contribution in [0.4, 0.5) is 10.5 Å². The molecule has 2 heterocycles. The van der Waals surface area contributed by atoms with Gasteiger partial charge in [0, 0.05) is 5.54 Å². The summed E-state index contributed by atoms with van der Waals surface area (Å²) >= 11 is 0. The number of aromatic nitrogens is 2. The van der Waals surface area contributed by atoms with E-state index in [1.165, 1.54) is 5.56 Å². The fourth-order valence-electron chi connectivity index (χ4n) is 4.81. The monoisotopic (exact) mass is 379 g/mol. The van der Waals surface area contributed by atoms with Crippen LogP contribution in [0.15, 0.2) is 42.7 Å². The predicted octanol–water partition coefficient (Wildman–Crippen LogP) is 3.47. The SMILES string of the molecule is CCN(C)[C@]1(c2ccccc2)CC[C@]2(CC1)CN(c1cnc(C)nc1)C(=O)N2. The van der Waals surface area contributed by atoms with E-state index in [1.807, 2.05) is 6.92 Å². The molecule has 1 spiro atoms. The molecule has 6 nitrogen and oxygen atoms in total. The van der Waals surface area contributed by atoms with Crippen LogP contribution >= 0.6 is 0 Å². The highest BCUT2D eigenvalue weighted by Crippen LogP contribution is 2.46. The first kappa shape index (κ1) is 18.9. The van der Waals surface area contributed by atoms with E-state index in [1.54, 1.807) is 17.3 Å². The summed E-state index contributed by atoms with van der Waals surface area (Å²) in [6.45, 7) is 5.75. The quantitative estimate of drug-likeness (QED) is 0.884. The van der Waals surface area contributed by atoms with Crippen LogP contribution in [-0.2, 0) is 5.54 Å². The lowest BCUT2D eigenvalue weighted by molar-refractivity contribution is 0.0495. The van der Waals surface area contributed by atoms with Crippen molar-refractivity contribution < 1.29 is 4.79 Å². The smallest absolute Gasteiger partial charge is 0.322 e. The highest BCUT2D eigenvalue weighted by atomic mass is 16.2. The van der Waals surface area contributed by atoms with Crippen LogP contribution in [0.5, 0.6) is 0 Å². The maximum absolute atomic E-state index is 12.7. The Morgan fingerprint density at radius 3 is 2.36 bits per heavy atom. The Hall–Kier alpha value is -2.47.